The number of ether oxygens (including phenoxy) is 1. The van der Waals surface area contributed by atoms with Crippen LogP contribution < -0.4 is 35.6 Å². The van der Waals surface area contributed by atoms with E-state index in [0.29, 0.717) is 56.3 Å². The van der Waals surface area contributed by atoms with Crippen molar-refractivity contribution in [3.63, 3.8) is 0 Å². The minimum atomic E-state index is -2.79. The van der Waals surface area contributed by atoms with Gasteiger partial charge in [-0.25, -0.2) is 18.3 Å². The second kappa shape index (κ2) is 18.3. The van der Waals surface area contributed by atoms with E-state index >= 15 is 0 Å². The van der Waals surface area contributed by atoms with Gasteiger partial charge in [0.25, 0.3) is 12.3 Å². The van der Waals surface area contributed by atoms with Gasteiger partial charge < -0.3 is 35.0 Å². The number of carbonyl (C=O) groups excluding carboxylic acids is 4. The molecule has 4 fully saturated rings. The summed E-state index contributed by atoms with van der Waals surface area (Å²) in [5, 5.41) is 16.6. The lowest BCUT2D eigenvalue weighted by Gasteiger charge is -2.36. The first kappa shape index (κ1) is 40.5. The lowest BCUT2D eigenvalue weighted by Crippen LogP contribution is -2.52. The maximum atomic E-state index is 13.6. The normalized spacial score (nSPS) is 19.1. The van der Waals surface area contributed by atoms with Crippen molar-refractivity contribution in [3.05, 3.63) is 54.1 Å². The number of rotatable bonds is 10. The summed E-state index contributed by atoms with van der Waals surface area (Å²) in [4.78, 5) is 61.0. The predicted octanol–water partition coefficient (Wildman–Crippen LogP) is 3.39. The van der Waals surface area contributed by atoms with E-state index in [-0.39, 0.29) is 29.6 Å². The summed E-state index contributed by atoms with van der Waals surface area (Å²) in [6.45, 7) is 6.20. The smallest absolute Gasteiger partial charge is 0.284 e. The number of nitrogens with one attached hydrogen (secondary N) is 3. The third kappa shape index (κ3) is 8.89. The number of aromatic nitrogens is 5. The van der Waals surface area contributed by atoms with Gasteiger partial charge in [0.05, 0.1) is 48.2 Å². The maximum absolute atomic E-state index is 13.6. The Kier molecular flexibility index (Phi) is 12.8. The summed E-state index contributed by atoms with van der Waals surface area (Å²) in [6.07, 6.45) is 8.17. The van der Waals surface area contributed by atoms with Gasteiger partial charge in [-0.15, -0.1) is 0 Å². The van der Waals surface area contributed by atoms with Crippen LogP contribution in [0.2, 0.25) is 0 Å². The van der Waals surface area contributed by atoms with Gasteiger partial charge in [-0.1, -0.05) is 25.3 Å². The predicted molar refractivity (Wildman–Crippen MR) is 214 cm³/mol. The number of fused-ring (bicyclic) bond motifs is 1. The van der Waals surface area contributed by atoms with E-state index < -0.39 is 30.0 Å². The molecule has 1 saturated carbocycles. The summed E-state index contributed by atoms with van der Waals surface area (Å²) in [5.74, 6) is -0.546. The number of amides is 4. The van der Waals surface area contributed by atoms with Gasteiger partial charge in [0.2, 0.25) is 18.2 Å². The van der Waals surface area contributed by atoms with Crippen LogP contribution in [-0.2, 0) is 19.1 Å². The number of benzene rings is 1. The molecule has 4 aliphatic rings. The van der Waals surface area contributed by atoms with Crippen LogP contribution in [0.1, 0.15) is 73.5 Å². The summed E-state index contributed by atoms with van der Waals surface area (Å²) >= 11 is 0. The Hall–Kier alpha value is -5.69. The van der Waals surface area contributed by atoms with Crippen LogP contribution in [0.15, 0.2) is 42.9 Å². The monoisotopic (exact) mass is 804 g/mol. The van der Waals surface area contributed by atoms with E-state index in [1.165, 1.54) is 21.8 Å². The molecule has 4 amide bonds. The lowest BCUT2D eigenvalue weighted by atomic mass is 9.96. The fourth-order valence-electron chi connectivity index (χ4n) is 7.97. The molecular weight excluding hydrogens is 755 g/mol. The molecule has 19 heteroatoms. The third-order valence-electron chi connectivity index (χ3n) is 10.9. The molecular formula is C39H50F2N12O5. The van der Waals surface area contributed by atoms with Crippen LogP contribution in [0.5, 0.6) is 0 Å². The van der Waals surface area contributed by atoms with Gasteiger partial charge in [0.15, 0.2) is 11.3 Å². The number of nitrogens with zero attached hydrogens (tertiary/aromatic N) is 9. The Morgan fingerprint density at radius 3 is 2.47 bits per heavy atom. The van der Waals surface area contributed by atoms with E-state index in [2.05, 4.69) is 40.9 Å². The molecule has 3 saturated heterocycles. The minimum Gasteiger partial charge on any atom is -0.378 e. The minimum absolute atomic E-state index is 0.0271. The highest BCUT2D eigenvalue weighted by Gasteiger charge is 2.34. The van der Waals surface area contributed by atoms with E-state index in [4.69, 9.17) is 4.74 Å². The van der Waals surface area contributed by atoms with E-state index in [1.807, 2.05) is 43.3 Å². The number of morpholine rings is 1. The standard InChI is InChI=1S/C21H25F2N7O2.C18H25N5O3/c22-19(23)18-16(13-30(27-18)14-4-2-1-3-5-14)25-21(31)15-12-24-29-7-6-17(26-20(15)29)28-8-10-32-11-9-28;1-21(2)17-13(22-10-8-19-9-11-22)4-3-5-14(17)23(12-24)15-6-7-16(25)20-18(15)26/h6-7,12-14,19H,1-5,8-11H2,(H,25,31);3-5,12,15,19H,6-11H2,1-2H3,(H,20,25,26). The number of halogens is 2. The Morgan fingerprint density at radius 2 is 1.78 bits per heavy atom. The van der Waals surface area contributed by atoms with Crippen LogP contribution in [0.4, 0.5) is 37.3 Å². The first-order valence-corrected chi connectivity index (χ1v) is 19.8. The number of hydrogen-bond donors (Lipinski definition) is 3. The number of piperazine rings is 1. The Morgan fingerprint density at radius 1 is 1.02 bits per heavy atom. The number of hydrogen-bond acceptors (Lipinski definition) is 12. The second-order valence-corrected chi connectivity index (χ2v) is 14.9. The number of carbonyl (C=O) groups is 4. The van der Waals surface area contributed by atoms with Crippen LogP contribution in [0.3, 0.4) is 0 Å². The SMILES string of the molecule is CN(C)c1c(N2CCNCC2)cccc1N(C=O)C1CCC(=O)NC1=O.O=C(Nc1cn(C2CCCCC2)nc1C(F)F)c1cnn2ccc(N3CCOCC3)nc12. The zero-order valence-corrected chi connectivity index (χ0v) is 32.8. The third-order valence-corrected chi connectivity index (χ3v) is 10.9. The van der Waals surface area contributed by atoms with Gasteiger partial charge in [-0.05, 0) is 37.5 Å². The van der Waals surface area contributed by atoms with Crippen molar-refractivity contribution < 1.29 is 32.7 Å². The van der Waals surface area contributed by atoms with Gasteiger partial charge in [0, 0.05) is 72.2 Å². The molecule has 4 aromatic rings. The fraction of sp³-hybridized carbons (Fsp3) is 0.513. The van der Waals surface area contributed by atoms with Crippen LogP contribution in [0, 0.1) is 0 Å². The number of para-hydroxylation sites is 1. The number of anilines is 5. The highest BCUT2D eigenvalue weighted by Crippen LogP contribution is 2.39. The molecule has 0 bridgehead atoms. The molecule has 3 N–H and O–H groups in total. The average Bonchev–Trinajstić information content (AvgIpc) is 3.87. The highest BCUT2D eigenvalue weighted by molar-refractivity contribution is 6.08. The molecule has 6 heterocycles. The zero-order valence-electron chi connectivity index (χ0n) is 32.8. The molecule has 1 aliphatic carbocycles. The van der Waals surface area contributed by atoms with Crippen LogP contribution in [0.25, 0.3) is 5.65 Å². The number of alkyl halides is 2. The largest absolute Gasteiger partial charge is 0.378 e. The summed E-state index contributed by atoms with van der Waals surface area (Å²) < 4.78 is 35.7. The van der Waals surface area contributed by atoms with E-state index in [0.717, 1.165) is 69.7 Å². The molecule has 0 spiro atoms. The van der Waals surface area contributed by atoms with Crippen LogP contribution >= 0.6 is 0 Å². The van der Waals surface area contributed by atoms with E-state index in [1.54, 1.807) is 10.9 Å². The van der Waals surface area contributed by atoms with Gasteiger partial charge >= 0.3 is 0 Å². The molecule has 310 valence electrons. The quantitative estimate of drug-likeness (QED) is 0.158. The molecule has 3 aliphatic heterocycles. The molecule has 1 atom stereocenters. The van der Waals surface area contributed by atoms with Crippen molar-refractivity contribution in [1.29, 1.82) is 0 Å². The van der Waals surface area contributed by atoms with Crippen molar-refractivity contribution in [2.45, 2.75) is 63.5 Å². The molecule has 3 aromatic heterocycles. The van der Waals surface area contributed by atoms with Gasteiger partial charge in [-0.2, -0.15) is 10.2 Å². The first-order valence-electron chi connectivity index (χ1n) is 19.8. The van der Waals surface area contributed by atoms with Gasteiger partial charge in [0.1, 0.15) is 17.4 Å². The van der Waals surface area contributed by atoms with E-state index in [9.17, 15) is 28.0 Å². The summed E-state index contributed by atoms with van der Waals surface area (Å²) in [5.41, 5.74) is 2.80. The van der Waals surface area contributed by atoms with Crippen molar-refractivity contribution in [2.75, 3.05) is 91.5 Å². The fourth-order valence-corrected chi connectivity index (χ4v) is 7.97. The van der Waals surface area contributed by atoms with Crippen molar-refractivity contribution in [2.24, 2.45) is 0 Å². The Balaban J connectivity index is 0.000000181. The highest BCUT2D eigenvalue weighted by atomic mass is 19.3. The molecule has 1 unspecified atom stereocenters. The number of imide groups is 1. The molecule has 8 rings (SSSR count). The zero-order chi connectivity index (χ0) is 40.8. The molecule has 0 radical (unpaired) electrons. The summed E-state index contributed by atoms with van der Waals surface area (Å²) in [6, 6.07) is 7.03. The molecule has 58 heavy (non-hydrogen) atoms. The number of piperidine rings is 1. The lowest BCUT2D eigenvalue weighted by molar-refractivity contribution is -0.134. The second-order valence-electron chi connectivity index (χ2n) is 14.9. The van der Waals surface area contributed by atoms with Crippen LogP contribution in [-0.4, -0.2) is 121 Å². The van der Waals surface area contributed by atoms with Crippen molar-refractivity contribution >= 4 is 58.3 Å². The topological polar surface area (TPSA) is 175 Å². The summed E-state index contributed by atoms with van der Waals surface area (Å²) in [7, 11) is 3.86. The van der Waals surface area contributed by atoms with Crippen molar-refractivity contribution in [1.82, 2.24) is 35.0 Å². The molecule has 17 nitrogen and oxygen atoms in total. The Labute approximate surface area is 334 Å². The van der Waals surface area contributed by atoms with Gasteiger partial charge in [-0.3, -0.25) is 29.2 Å². The Bertz CT molecular complexity index is 2090. The van der Waals surface area contributed by atoms with Crippen molar-refractivity contribution in [3.8, 4) is 0 Å². The average molecular weight is 805 g/mol. The molecule has 1 aromatic carbocycles. The first-order chi connectivity index (χ1) is 28.1. The maximum Gasteiger partial charge on any atom is 0.284 e.